The first-order valence-electron chi connectivity index (χ1n) is 8.52. The predicted octanol–water partition coefficient (Wildman–Crippen LogP) is 1.98. The highest BCUT2D eigenvalue weighted by molar-refractivity contribution is 7.89. The number of aliphatic hydroxyl groups excluding tert-OH is 1. The fourth-order valence-corrected chi connectivity index (χ4v) is 5.56. The molecule has 140 valence electrons. The second-order valence-electron chi connectivity index (χ2n) is 7.04. The van der Waals surface area contributed by atoms with Gasteiger partial charge in [0, 0.05) is 25.0 Å². The number of nitrogens with one attached hydrogen (secondary N) is 1. The van der Waals surface area contributed by atoms with E-state index in [1.807, 2.05) is 42.5 Å². The second kappa shape index (κ2) is 7.29. The Morgan fingerprint density at radius 2 is 1.73 bits per heavy atom. The minimum absolute atomic E-state index is 0. The van der Waals surface area contributed by atoms with Crippen LogP contribution in [0.3, 0.4) is 0 Å². The van der Waals surface area contributed by atoms with Crippen molar-refractivity contribution in [2.75, 3.05) is 32.8 Å². The zero-order chi connectivity index (χ0) is 17.5. The maximum Gasteiger partial charge on any atom is 0.243 e. The Labute approximate surface area is 160 Å². The molecule has 2 N–H and O–H groups in total. The molecule has 0 aliphatic carbocycles. The lowest BCUT2D eigenvalue weighted by atomic mass is 9.82. The van der Waals surface area contributed by atoms with Crippen molar-refractivity contribution in [2.24, 2.45) is 11.3 Å². The molecule has 2 fully saturated rings. The van der Waals surface area contributed by atoms with Gasteiger partial charge in [-0.25, -0.2) is 8.42 Å². The van der Waals surface area contributed by atoms with E-state index in [0.717, 1.165) is 17.7 Å². The van der Waals surface area contributed by atoms with Crippen molar-refractivity contribution in [3.05, 3.63) is 54.6 Å². The zero-order valence-electron chi connectivity index (χ0n) is 14.3. The number of sulfonamides is 1. The number of nitrogens with zero attached hydrogens (tertiary/aromatic N) is 1. The fourth-order valence-electron chi connectivity index (χ4n) is 3.98. The third-order valence-electron chi connectivity index (χ3n) is 5.56. The van der Waals surface area contributed by atoms with Gasteiger partial charge >= 0.3 is 0 Å². The summed E-state index contributed by atoms with van der Waals surface area (Å²) in [6, 6.07) is 16.9. The number of benzene rings is 2. The molecule has 2 atom stereocenters. The van der Waals surface area contributed by atoms with Gasteiger partial charge in [0.1, 0.15) is 0 Å². The van der Waals surface area contributed by atoms with Crippen LogP contribution in [0.2, 0.25) is 0 Å². The summed E-state index contributed by atoms with van der Waals surface area (Å²) in [5, 5.41) is 13.1. The van der Waals surface area contributed by atoms with E-state index in [1.165, 1.54) is 4.31 Å². The van der Waals surface area contributed by atoms with E-state index in [-0.39, 0.29) is 30.3 Å². The summed E-state index contributed by atoms with van der Waals surface area (Å²) >= 11 is 0. The third kappa shape index (κ3) is 3.17. The molecular formula is C19H23ClN2O3S. The van der Waals surface area contributed by atoms with Crippen molar-refractivity contribution in [2.45, 2.75) is 4.90 Å². The topological polar surface area (TPSA) is 69.6 Å². The van der Waals surface area contributed by atoms with E-state index in [4.69, 9.17) is 0 Å². The number of hydrogen-bond acceptors (Lipinski definition) is 4. The fraction of sp³-hybridized carbons (Fsp3) is 0.368. The summed E-state index contributed by atoms with van der Waals surface area (Å²) in [6.45, 7) is 2.30. The average Bonchev–Trinajstić information content (AvgIpc) is 3.20. The molecule has 2 aliphatic rings. The van der Waals surface area contributed by atoms with Crippen LogP contribution in [-0.4, -0.2) is 50.6 Å². The van der Waals surface area contributed by atoms with Gasteiger partial charge in [0.15, 0.2) is 0 Å². The summed E-state index contributed by atoms with van der Waals surface area (Å²) in [4.78, 5) is 0.313. The standard InChI is InChI=1S/C19H22N2O3S.ClH/c22-14-19-12-20-10-17(19)11-21(13-19)25(23,24)18-8-6-16(7-9-18)15-4-2-1-3-5-15;/h1-9,17,20,22H,10-14H2;1H. The molecule has 0 radical (unpaired) electrons. The van der Waals surface area contributed by atoms with Gasteiger partial charge in [0.25, 0.3) is 0 Å². The Kier molecular flexibility index (Phi) is 5.42. The summed E-state index contributed by atoms with van der Waals surface area (Å²) < 4.78 is 27.5. The van der Waals surface area contributed by atoms with E-state index < -0.39 is 10.0 Å². The summed E-state index contributed by atoms with van der Waals surface area (Å²) in [5.74, 6) is 0.177. The van der Waals surface area contributed by atoms with Gasteiger partial charge in [-0.15, -0.1) is 12.4 Å². The lowest BCUT2D eigenvalue weighted by molar-refractivity contribution is 0.130. The molecule has 26 heavy (non-hydrogen) atoms. The Morgan fingerprint density at radius 1 is 1.08 bits per heavy atom. The second-order valence-corrected chi connectivity index (χ2v) is 8.97. The van der Waals surface area contributed by atoms with Crippen molar-refractivity contribution in [3.8, 4) is 11.1 Å². The molecule has 0 aromatic heterocycles. The van der Waals surface area contributed by atoms with Gasteiger partial charge in [-0.2, -0.15) is 4.31 Å². The quantitative estimate of drug-likeness (QED) is 0.831. The van der Waals surface area contributed by atoms with E-state index in [0.29, 0.717) is 24.5 Å². The molecule has 2 heterocycles. The molecule has 2 aromatic rings. The van der Waals surface area contributed by atoms with E-state index >= 15 is 0 Å². The minimum atomic E-state index is -3.53. The highest BCUT2D eigenvalue weighted by atomic mass is 35.5. The molecule has 4 rings (SSSR count). The van der Waals surface area contributed by atoms with Crippen LogP contribution >= 0.6 is 12.4 Å². The molecule has 0 bridgehead atoms. The average molecular weight is 395 g/mol. The summed E-state index contributed by atoms with van der Waals surface area (Å²) in [6.07, 6.45) is 0. The molecule has 7 heteroatoms. The van der Waals surface area contributed by atoms with Crippen molar-refractivity contribution >= 4 is 22.4 Å². The number of rotatable bonds is 4. The van der Waals surface area contributed by atoms with Gasteiger partial charge in [0.2, 0.25) is 10.0 Å². The van der Waals surface area contributed by atoms with Crippen LogP contribution in [-0.2, 0) is 10.0 Å². The van der Waals surface area contributed by atoms with Crippen molar-refractivity contribution in [1.82, 2.24) is 9.62 Å². The normalized spacial score (nSPS) is 25.7. The van der Waals surface area contributed by atoms with Crippen LogP contribution in [0.15, 0.2) is 59.5 Å². The highest BCUT2D eigenvalue weighted by Crippen LogP contribution is 2.40. The van der Waals surface area contributed by atoms with Crippen LogP contribution in [0.4, 0.5) is 0 Å². The maximum atomic E-state index is 13.0. The first kappa shape index (κ1) is 19.3. The van der Waals surface area contributed by atoms with Crippen LogP contribution in [0.25, 0.3) is 11.1 Å². The molecule has 0 saturated carbocycles. The molecule has 2 aromatic carbocycles. The van der Waals surface area contributed by atoms with Gasteiger partial charge in [-0.1, -0.05) is 42.5 Å². The monoisotopic (exact) mass is 394 g/mol. The van der Waals surface area contributed by atoms with Crippen molar-refractivity contribution < 1.29 is 13.5 Å². The zero-order valence-corrected chi connectivity index (χ0v) is 16.0. The molecule has 0 amide bonds. The maximum absolute atomic E-state index is 13.0. The third-order valence-corrected chi connectivity index (χ3v) is 7.39. The molecule has 2 aliphatic heterocycles. The largest absolute Gasteiger partial charge is 0.396 e. The number of fused-ring (bicyclic) bond motifs is 1. The van der Waals surface area contributed by atoms with Gasteiger partial charge in [0.05, 0.1) is 11.5 Å². The van der Waals surface area contributed by atoms with E-state index in [9.17, 15) is 13.5 Å². The van der Waals surface area contributed by atoms with Crippen LogP contribution in [0.5, 0.6) is 0 Å². The van der Waals surface area contributed by atoms with Gasteiger partial charge < -0.3 is 10.4 Å². The SMILES string of the molecule is Cl.O=S(=O)(c1ccc(-c2ccccc2)cc1)N1CC2CNCC2(CO)C1. The van der Waals surface area contributed by atoms with Crippen LogP contribution < -0.4 is 5.32 Å². The molecule has 2 unspecified atom stereocenters. The number of halogens is 1. The molecule has 0 spiro atoms. The van der Waals surface area contributed by atoms with Crippen molar-refractivity contribution in [1.29, 1.82) is 0 Å². The summed E-state index contributed by atoms with van der Waals surface area (Å²) in [5.41, 5.74) is 1.72. The lowest BCUT2D eigenvalue weighted by Gasteiger charge is -2.25. The Hall–Kier alpha value is -1.44. The van der Waals surface area contributed by atoms with Gasteiger partial charge in [-0.05, 0) is 35.7 Å². The first-order valence-corrected chi connectivity index (χ1v) is 9.96. The number of hydrogen-bond donors (Lipinski definition) is 2. The Balaban J connectivity index is 0.00000196. The lowest BCUT2D eigenvalue weighted by Crippen LogP contribution is -2.37. The van der Waals surface area contributed by atoms with Gasteiger partial charge in [-0.3, -0.25) is 0 Å². The van der Waals surface area contributed by atoms with Crippen molar-refractivity contribution in [3.63, 3.8) is 0 Å². The van der Waals surface area contributed by atoms with Crippen LogP contribution in [0, 0.1) is 11.3 Å². The van der Waals surface area contributed by atoms with E-state index in [2.05, 4.69) is 5.32 Å². The number of aliphatic hydroxyl groups is 1. The first-order chi connectivity index (χ1) is 12.0. The minimum Gasteiger partial charge on any atom is -0.396 e. The Morgan fingerprint density at radius 3 is 2.35 bits per heavy atom. The molecule has 2 saturated heterocycles. The molecular weight excluding hydrogens is 372 g/mol. The van der Waals surface area contributed by atoms with Crippen LogP contribution in [0.1, 0.15) is 0 Å². The predicted molar refractivity (Wildman–Crippen MR) is 104 cm³/mol. The van der Waals surface area contributed by atoms with E-state index in [1.54, 1.807) is 12.1 Å². The molecule has 5 nitrogen and oxygen atoms in total. The summed E-state index contributed by atoms with van der Waals surface area (Å²) in [7, 11) is -3.53. The smallest absolute Gasteiger partial charge is 0.243 e. The Bertz CT molecular complexity index is 858. The highest BCUT2D eigenvalue weighted by Gasteiger charge is 2.52.